The molecule has 13 aromatic rings. The predicted molar refractivity (Wildman–Crippen MR) is 313 cm³/mol. The first-order valence-corrected chi connectivity index (χ1v) is 26.4. The van der Waals surface area contributed by atoms with Gasteiger partial charge in [0.25, 0.3) is 0 Å². The molecule has 1 aromatic heterocycles. The minimum Gasteiger partial charge on any atom is -0.455 e. The molecule has 2 nitrogen and oxygen atoms in total. The third-order valence-corrected chi connectivity index (χ3v) is 17.0. The van der Waals surface area contributed by atoms with E-state index in [2.05, 4.69) is 278 Å². The fraction of sp³-hybridized carbons (Fsp3) is 0.0270. The third-order valence-electron chi connectivity index (χ3n) is 17.0. The Morgan fingerprint density at radius 3 is 1.18 bits per heavy atom. The molecule has 354 valence electrons. The molecule has 2 heteroatoms. The van der Waals surface area contributed by atoms with Gasteiger partial charge < -0.3 is 9.32 Å². The number of hydrogen-bond donors (Lipinski definition) is 0. The van der Waals surface area contributed by atoms with Crippen LogP contribution in [0.15, 0.2) is 290 Å². The molecule has 0 atom stereocenters. The number of furan rings is 1. The van der Waals surface area contributed by atoms with Crippen LogP contribution in [0.5, 0.6) is 0 Å². The van der Waals surface area contributed by atoms with E-state index in [-0.39, 0.29) is 0 Å². The van der Waals surface area contributed by atoms with Gasteiger partial charge in [0.1, 0.15) is 11.2 Å². The van der Waals surface area contributed by atoms with Crippen molar-refractivity contribution >= 4 is 39.0 Å². The molecule has 3 aliphatic carbocycles. The second-order valence-corrected chi connectivity index (χ2v) is 20.6. The largest absolute Gasteiger partial charge is 0.455 e. The van der Waals surface area contributed by atoms with E-state index in [1.165, 1.54) is 89.0 Å². The van der Waals surface area contributed by atoms with Gasteiger partial charge in [0.2, 0.25) is 0 Å². The number of hydrogen-bond acceptors (Lipinski definition) is 2. The van der Waals surface area contributed by atoms with Gasteiger partial charge in [-0.15, -0.1) is 0 Å². The first-order valence-electron chi connectivity index (χ1n) is 26.4. The van der Waals surface area contributed by atoms with Gasteiger partial charge in [0.15, 0.2) is 0 Å². The van der Waals surface area contributed by atoms with E-state index in [0.717, 1.165) is 50.1 Å². The Kier molecular flexibility index (Phi) is 9.20. The highest BCUT2D eigenvalue weighted by Crippen LogP contribution is 2.68. The van der Waals surface area contributed by atoms with Crippen molar-refractivity contribution in [2.75, 3.05) is 4.90 Å². The van der Waals surface area contributed by atoms with Crippen LogP contribution in [0.4, 0.5) is 17.1 Å². The van der Waals surface area contributed by atoms with Crippen molar-refractivity contribution < 1.29 is 4.42 Å². The minimum absolute atomic E-state index is 0.479. The Morgan fingerprint density at radius 2 is 0.605 bits per heavy atom. The normalized spacial score (nSPS) is 13.7. The van der Waals surface area contributed by atoms with E-state index in [1.807, 2.05) is 12.1 Å². The third kappa shape index (κ3) is 5.81. The summed E-state index contributed by atoms with van der Waals surface area (Å²) in [5, 5.41) is 2.26. The van der Waals surface area contributed by atoms with Crippen LogP contribution in [0.25, 0.3) is 77.6 Å². The summed E-state index contributed by atoms with van der Waals surface area (Å²) in [5.74, 6) is 0. The lowest BCUT2D eigenvalue weighted by atomic mass is 9.52. The Balaban J connectivity index is 0.844. The number of nitrogens with zero attached hydrogens (tertiary/aromatic N) is 1. The summed E-state index contributed by atoms with van der Waals surface area (Å²) in [6.07, 6.45) is 0. The number of benzene rings is 12. The molecular weight excluding hydrogens is 919 g/mol. The standard InChI is InChI=1S/C74H47NO/c1-2-18-48(19-3-1)49-36-42-52(43-37-49)75(54-46-40-51(41-47-54)56-25-16-26-60-59-22-7-15-35-70(59)76-72(56)60)53-44-38-50(39-45-53)55-24-17-34-69-71(55)61-23-6-10-29-64(61)74(69)67-32-13-11-30-65(67)73(66-31-12-14-33-68(66)74)62-27-8-4-20-57(62)58-21-5-9-28-63(58)73/h1-47H. The summed E-state index contributed by atoms with van der Waals surface area (Å²) in [6, 6.07) is 106. The highest BCUT2D eigenvalue weighted by Gasteiger charge is 2.59. The molecule has 0 aliphatic heterocycles. The van der Waals surface area contributed by atoms with Crippen LogP contribution in [0.2, 0.25) is 0 Å². The SMILES string of the molecule is c1ccc(-c2ccc(N(c3ccc(-c4cccc5c4-c4ccccc4C54c5ccccc5C5(c6ccccc6-c6ccccc65)c5ccccc54)cc3)c3ccc(-c4cccc5c4oc4ccccc45)cc3)cc2)cc1. The Labute approximate surface area is 442 Å². The summed E-state index contributed by atoms with van der Waals surface area (Å²) >= 11 is 0. The van der Waals surface area contributed by atoms with Crippen LogP contribution in [0, 0.1) is 0 Å². The molecule has 3 aliphatic rings. The summed E-state index contributed by atoms with van der Waals surface area (Å²) in [6.45, 7) is 0. The molecule has 0 amide bonds. The van der Waals surface area contributed by atoms with Crippen LogP contribution in [0.3, 0.4) is 0 Å². The average Bonchev–Trinajstić information content (AvgIpc) is 4.17. The average molecular weight is 966 g/mol. The lowest BCUT2D eigenvalue weighted by molar-refractivity contribution is 0.633. The van der Waals surface area contributed by atoms with Crippen molar-refractivity contribution in [1.82, 2.24) is 0 Å². The van der Waals surface area contributed by atoms with Crippen LogP contribution in [-0.4, -0.2) is 0 Å². The van der Waals surface area contributed by atoms with Gasteiger partial charge in [0.05, 0.1) is 10.8 Å². The van der Waals surface area contributed by atoms with E-state index in [1.54, 1.807) is 0 Å². The first-order chi connectivity index (χ1) is 37.7. The molecule has 0 unspecified atom stereocenters. The topological polar surface area (TPSA) is 16.4 Å². The van der Waals surface area contributed by atoms with E-state index in [0.29, 0.717) is 0 Å². The molecule has 76 heavy (non-hydrogen) atoms. The van der Waals surface area contributed by atoms with Gasteiger partial charge in [-0.3, -0.25) is 0 Å². The first kappa shape index (κ1) is 42.7. The second-order valence-electron chi connectivity index (χ2n) is 20.6. The number of para-hydroxylation sites is 2. The van der Waals surface area contributed by atoms with E-state index in [4.69, 9.17) is 4.42 Å². The smallest absolute Gasteiger partial charge is 0.143 e. The molecule has 0 saturated heterocycles. The monoisotopic (exact) mass is 965 g/mol. The molecule has 12 aromatic carbocycles. The molecular formula is C74H47NO. The molecule has 0 fully saturated rings. The Morgan fingerprint density at radius 1 is 0.237 bits per heavy atom. The summed E-state index contributed by atoms with van der Waals surface area (Å²) in [4.78, 5) is 2.37. The Bertz CT molecular complexity index is 4350. The van der Waals surface area contributed by atoms with Crippen molar-refractivity contribution in [2.45, 2.75) is 10.8 Å². The van der Waals surface area contributed by atoms with Crippen molar-refractivity contribution in [3.05, 3.63) is 330 Å². The zero-order chi connectivity index (χ0) is 50.0. The second kappa shape index (κ2) is 16.4. The predicted octanol–water partition coefficient (Wildman–Crippen LogP) is 19.1. The Hall–Kier alpha value is -9.76. The van der Waals surface area contributed by atoms with Gasteiger partial charge in [-0.25, -0.2) is 0 Å². The van der Waals surface area contributed by atoms with Gasteiger partial charge in [0, 0.05) is 33.4 Å². The summed E-state index contributed by atoms with van der Waals surface area (Å²) in [5.41, 5.74) is 26.9. The van der Waals surface area contributed by atoms with Crippen molar-refractivity contribution in [1.29, 1.82) is 0 Å². The summed E-state index contributed by atoms with van der Waals surface area (Å²) < 4.78 is 6.49. The number of fused-ring (bicyclic) bond motifs is 19. The van der Waals surface area contributed by atoms with Crippen molar-refractivity contribution in [3.8, 4) is 55.6 Å². The maximum atomic E-state index is 6.49. The van der Waals surface area contributed by atoms with Gasteiger partial charge in [-0.05, 0) is 137 Å². The van der Waals surface area contributed by atoms with Gasteiger partial charge in [-0.2, -0.15) is 0 Å². The minimum atomic E-state index is -0.558. The molecule has 0 N–H and O–H groups in total. The molecule has 0 bridgehead atoms. The summed E-state index contributed by atoms with van der Waals surface area (Å²) in [7, 11) is 0. The van der Waals surface area contributed by atoms with Crippen LogP contribution < -0.4 is 4.90 Å². The molecule has 0 saturated carbocycles. The molecule has 2 spiro atoms. The highest BCUT2D eigenvalue weighted by atomic mass is 16.3. The van der Waals surface area contributed by atoms with E-state index in [9.17, 15) is 0 Å². The van der Waals surface area contributed by atoms with Gasteiger partial charge in [-0.1, -0.05) is 243 Å². The zero-order valence-electron chi connectivity index (χ0n) is 41.5. The molecule has 16 rings (SSSR count). The quantitative estimate of drug-likeness (QED) is 0.165. The fourth-order valence-corrected chi connectivity index (χ4v) is 14.0. The zero-order valence-corrected chi connectivity index (χ0v) is 41.5. The van der Waals surface area contributed by atoms with Crippen LogP contribution in [-0.2, 0) is 10.8 Å². The maximum Gasteiger partial charge on any atom is 0.143 e. The van der Waals surface area contributed by atoms with Gasteiger partial charge >= 0.3 is 0 Å². The molecule has 1 heterocycles. The maximum absolute atomic E-state index is 6.49. The van der Waals surface area contributed by atoms with E-state index < -0.39 is 10.8 Å². The van der Waals surface area contributed by atoms with Crippen molar-refractivity contribution in [2.24, 2.45) is 0 Å². The lowest BCUT2D eigenvalue weighted by Crippen LogP contribution is -2.43. The van der Waals surface area contributed by atoms with Crippen LogP contribution in [0.1, 0.15) is 44.5 Å². The highest BCUT2D eigenvalue weighted by molar-refractivity contribution is 6.09. The van der Waals surface area contributed by atoms with E-state index >= 15 is 0 Å². The molecule has 0 radical (unpaired) electrons. The van der Waals surface area contributed by atoms with Crippen molar-refractivity contribution in [3.63, 3.8) is 0 Å². The number of anilines is 3. The lowest BCUT2D eigenvalue weighted by Gasteiger charge is -2.48. The fourth-order valence-electron chi connectivity index (χ4n) is 14.0. The number of rotatable bonds is 6. The van der Waals surface area contributed by atoms with Crippen LogP contribution >= 0.6 is 0 Å².